The highest BCUT2D eigenvalue weighted by atomic mass is 16.5. The van der Waals surface area contributed by atoms with E-state index in [4.69, 9.17) is 15.2 Å². The topological polar surface area (TPSA) is 44.5 Å². The summed E-state index contributed by atoms with van der Waals surface area (Å²) < 4.78 is 11.0. The van der Waals surface area contributed by atoms with Crippen LogP contribution in [0.25, 0.3) is 0 Å². The Balaban J connectivity index is 2.71. The highest BCUT2D eigenvalue weighted by Crippen LogP contribution is 2.30. The van der Waals surface area contributed by atoms with Crippen LogP contribution in [0, 0.1) is 5.92 Å². The maximum Gasteiger partial charge on any atom is 0.161 e. The van der Waals surface area contributed by atoms with Gasteiger partial charge in [-0.3, -0.25) is 0 Å². The van der Waals surface area contributed by atoms with Crippen LogP contribution in [-0.2, 0) is 0 Å². The number of nitrogens with two attached hydrogens (primary N) is 1. The van der Waals surface area contributed by atoms with Gasteiger partial charge in [0.05, 0.1) is 13.7 Å². The lowest BCUT2D eigenvalue weighted by Gasteiger charge is -2.14. The second-order valence-electron chi connectivity index (χ2n) is 4.73. The minimum Gasteiger partial charge on any atom is -0.493 e. The molecule has 0 saturated heterocycles. The maximum absolute atomic E-state index is 5.83. The summed E-state index contributed by atoms with van der Waals surface area (Å²) in [5.74, 6) is 2.19. The lowest BCUT2D eigenvalue weighted by atomic mass is 10.1. The molecule has 17 heavy (non-hydrogen) atoms. The predicted octanol–water partition coefficient (Wildman–Crippen LogP) is 3.14. The van der Waals surface area contributed by atoms with Crippen molar-refractivity contribution in [2.45, 2.75) is 33.2 Å². The molecule has 0 radical (unpaired) electrons. The van der Waals surface area contributed by atoms with Gasteiger partial charge in [-0.1, -0.05) is 19.9 Å². The van der Waals surface area contributed by atoms with Gasteiger partial charge in [0, 0.05) is 6.04 Å². The molecule has 1 atom stereocenters. The molecule has 0 spiro atoms. The summed E-state index contributed by atoms with van der Waals surface area (Å²) in [5.41, 5.74) is 6.88. The molecular formula is C14H23NO2. The van der Waals surface area contributed by atoms with Gasteiger partial charge >= 0.3 is 0 Å². The first kappa shape index (κ1) is 13.8. The molecule has 0 aliphatic rings. The van der Waals surface area contributed by atoms with Crippen molar-refractivity contribution in [1.82, 2.24) is 0 Å². The second-order valence-corrected chi connectivity index (χ2v) is 4.73. The summed E-state index contributed by atoms with van der Waals surface area (Å²) in [6, 6.07) is 5.86. The van der Waals surface area contributed by atoms with Gasteiger partial charge in [-0.05, 0) is 37.0 Å². The quantitative estimate of drug-likeness (QED) is 0.826. The summed E-state index contributed by atoms with van der Waals surface area (Å²) in [6.07, 6.45) is 1.04. The molecule has 3 heteroatoms. The molecule has 0 heterocycles. The van der Waals surface area contributed by atoms with Crippen molar-refractivity contribution in [1.29, 1.82) is 0 Å². The maximum atomic E-state index is 5.83. The normalized spacial score (nSPS) is 12.6. The van der Waals surface area contributed by atoms with Gasteiger partial charge in [0.15, 0.2) is 11.5 Å². The van der Waals surface area contributed by atoms with Crippen molar-refractivity contribution in [3.63, 3.8) is 0 Å². The fourth-order valence-electron chi connectivity index (χ4n) is 1.49. The van der Waals surface area contributed by atoms with Gasteiger partial charge in [-0.15, -0.1) is 0 Å². The monoisotopic (exact) mass is 237 g/mol. The van der Waals surface area contributed by atoms with Crippen molar-refractivity contribution >= 4 is 0 Å². The van der Waals surface area contributed by atoms with E-state index in [1.807, 2.05) is 25.1 Å². The molecule has 0 aliphatic carbocycles. The molecule has 0 unspecified atom stereocenters. The van der Waals surface area contributed by atoms with Gasteiger partial charge in [-0.25, -0.2) is 0 Å². The van der Waals surface area contributed by atoms with E-state index in [-0.39, 0.29) is 6.04 Å². The van der Waals surface area contributed by atoms with E-state index in [0.717, 1.165) is 23.5 Å². The molecule has 1 rings (SSSR count). The van der Waals surface area contributed by atoms with Crippen molar-refractivity contribution in [3.05, 3.63) is 23.8 Å². The molecule has 1 aromatic rings. The number of benzene rings is 1. The highest BCUT2D eigenvalue weighted by Gasteiger charge is 2.08. The number of ether oxygens (including phenoxy) is 2. The zero-order valence-electron chi connectivity index (χ0n) is 11.2. The summed E-state index contributed by atoms with van der Waals surface area (Å²) >= 11 is 0. The Morgan fingerprint density at radius 2 is 1.88 bits per heavy atom. The molecule has 3 nitrogen and oxygen atoms in total. The molecular weight excluding hydrogens is 214 g/mol. The molecule has 0 bridgehead atoms. The molecule has 1 aromatic carbocycles. The Bertz CT molecular complexity index is 348. The third-order valence-corrected chi connectivity index (χ3v) is 2.67. The number of hydrogen-bond acceptors (Lipinski definition) is 3. The summed E-state index contributed by atoms with van der Waals surface area (Å²) in [7, 11) is 1.65. The number of methoxy groups -OCH3 is 1. The number of rotatable bonds is 6. The second kappa shape index (κ2) is 6.50. The minimum atomic E-state index is 0.00798. The zero-order valence-corrected chi connectivity index (χ0v) is 11.2. The Morgan fingerprint density at radius 3 is 2.41 bits per heavy atom. The van der Waals surface area contributed by atoms with Crippen molar-refractivity contribution in [2.75, 3.05) is 13.7 Å². The van der Waals surface area contributed by atoms with Gasteiger partial charge in [0.2, 0.25) is 0 Å². The average Bonchev–Trinajstić information content (AvgIpc) is 2.28. The first-order valence-corrected chi connectivity index (χ1v) is 6.11. The van der Waals surface area contributed by atoms with Gasteiger partial charge in [0.1, 0.15) is 0 Å². The molecule has 2 N–H and O–H groups in total. The highest BCUT2D eigenvalue weighted by molar-refractivity contribution is 5.43. The van der Waals surface area contributed by atoms with Crippen LogP contribution in [0.3, 0.4) is 0 Å². The van der Waals surface area contributed by atoms with Crippen molar-refractivity contribution in [3.8, 4) is 11.5 Å². The Morgan fingerprint density at radius 1 is 1.18 bits per heavy atom. The van der Waals surface area contributed by atoms with Crippen LogP contribution in [0.15, 0.2) is 18.2 Å². The first-order valence-electron chi connectivity index (χ1n) is 6.11. The molecule has 0 fully saturated rings. The Kier molecular flexibility index (Phi) is 5.29. The van der Waals surface area contributed by atoms with E-state index in [9.17, 15) is 0 Å². The molecule has 96 valence electrons. The number of hydrogen-bond donors (Lipinski definition) is 1. The van der Waals surface area contributed by atoms with E-state index in [0.29, 0.717) is 12.5 Å². The fraction of sp³-hybridized carbons (Fsp3) is 0.571. The zero-order chi connectivity index (χ0) is 12.8. The van der Waals surface area contributed by atoms with Crippen LogP contribution in [0.2, 0.25) is 0 Å². The van der Waals surface area contributed by atoms with Crippen LogP contribution in [0.4, 0.5) is 0 Å². The van der Waals surface area contributed by atoms with Crippen LogP contribution < -0.4 is 15.2 Å². The van der Waals surface area contributed by atoms with Gasteiger partial charge < -0.3 is 15.2 Å². The minimum absolute atomic E-state index is 0.00798. The largest absolute Gasteiger partial charge is 0.493 e. The standard InChI is InChI=1S/C14H23NO2/c1-10(2)7-8-17-13-6-5-12(11(3)15)9-14(13)16-4/h5-6,9-11H,7-8,15H2,1-4H3/t11-/m1/s1. The van der Waals surface area contributed by atoms with E-state index in [1.165, 1.54) is 0 Å². The fourth-order valence-corrected chi connectivity index (χ4v) is 1.49. The van der Waals surface area contributed by atoms with Crippen LogP contribution in [0.5, 0.6) is 11.5 Å². The summed E-state index contributed by atoms with van der Waals surface area (Å²) in [5, 5.41) is 0. The van der Waals surface area contributed by atoms with Gasteiger partial charge in [-0.2, -0.15) is 0 Å². The first-order chi connectivity index (χ1) is 8.04. The van der Waals surface area contributed by atoms with Crippen LogP contribution >= 0.6 is 0 Å². The van der Waals surface area contributed by atoms with E-state index >= 15 is 0 Å². The SMILES string of the molecule is COc1cc([C@@H](C)N)ccc1OCCC(C)C. The predicted molar refractivity (Wildman–Crippen MR) is 70.5 cm³/mol. The lowest BCUT2D eigenvalue weighted by molar-refractivity contribution is 0.273. The van der Waals surface area contributed by atoms with Crippen molar-refractivity contribution in [2.24, 2.45) is 11.7 Å². The van der Waals surface area contributed by atoms with Crippen LogP contribution in [-0.4, -0.2) is 13.7 Å². The van der Waals surface area contributed by atoms with Crippen molar-refractivity contribution < 1.29 is 9.47 Å². The lowest BCUT2D eigenvalue weighted by Crippen LogP contribution is -2.06. The smallest absolute Gasteiger partial charge is 0.161 e. The van der Waals surface area contributed by atoms with E-state index in [1.54, 1.807) is 7.11 Å². The summed E-state index contributed by atoms with van der Waals surface area (Å²) in [4.78, 5) is 0. The Labute approximate surface area is 104 Å². The molecule has 0 aromatic heterocycles. The molecule has 0 aliphatic heterocycles. The average molecular weight is 237 g/mol. The molecule has 0 saturated carbocycles. The van der Waals surface area contributed by atoms with Crippen LogP contribution in [0.1, 0.15) is 38.8 Å². The van der Waals surface area contributed by atoms with Gasteiger partial charge in [0.25, 0.3) is 0 Å². The Hall–Kier alpha value is -1.22. The third kappa shape index (κ3) is 4.27. The van der Waals surface area contributed by atoms with E-state index < -0.39 is 0 Å². The molecule has 0 amide bonds. The third-order valence-electron chi connectivity index (χ3n) is 2.67. The van der Waals surface area contributed by atoms with E-state index in [2.05, 4.69) is 13.8 Å². The summed E-state index contributed by atoms with van der Waals surface area (Å²) in [6.45, 7) is 7.03.